The molecule has 1 unspecified atom stereocenters. The maximum absolute atomic E-state index is 6.01. The first kappa shape index (κ1) is 15.3. The van der Waals surface area contributed by atoms with Crippen molar-refractivity contribution in [1.82, 2.24) is 10.3 Å². The van der Waals surface area contributed by atoms with Crippen molar-refractivity contribution in [1.29, 1.82) is 0 Å². The lowest BCUT2D eigenvalue weighted by molar-refractivity contribution is 0.390. The summed E-state index contributed by atoms with van der Waals surface area (Å²) in [4.78, 5) is 4.14. The Morgan fingerprint density at radius 1 is 1.50 bits per heavy atom. The third kappa shape index (κ3) is 4.14. The summed E-state index contributed by atoms with van der Waals surface area (Å²) < 4.78 is 0. The molecule has 0 aliphatic rings. The third-order valence-electron chi connectivity index (χ3n) is 3.17. The lowest BCUT2D eigenvalue weighted by Gasteiger charge is -2.30. The second-order valence-corrected chi connectivity index (χ2v) is 5.97. The summed E-state index contributed by atoms with van der Waals surface area (Å²) in [5, 5.41) is 4.14. The highest BCUT2D eigenvalue weighted by atomic mass is 35.5. The number of rotatable bonds is 6. The van der Waals surface area contributed by atoms with Crippen molar-refractivity contribution in [3.05, 3.63) is 22.8 Å². The molecule has 1 rings (SSSR count). The SMILES string of the molecule is CCCNC(C)CC(C)(C)c1cc(Cl)cnc1N. The number of nitrogens with one attached hydrogen (secondary N) is 1. The van der Waals surface area contributed by atoms with E-state index in [9.17, 15) is 0 Å². The van der Waals surface area contributed by atoms with Crippen LogP contribution in [0.5, 0.6) is 0 Å². The normalized spacial score (nSPS) is 13.6. The molecular weight excluding hydrogens is 246 g/mol. The molecule has 1 atom stereocenters. The molecule has 1 aromatic rings. The van der Waals surface area contributed by atoms with Gasteiger partial charge in [-0.25, -0.2) is 4.98 Å². The molecule has 0 bridgehead atoms. The van der Waals surface area contributed by atoms with E-state index < -0.39 is 0 Å². The highest BCUT2D eigenvalue weighted by Crippen LogP contribution is 2.33. The number of nitrogens with two attached hydrogens (primary N) is 1. The minimum atomic E-state index is -0.0395. The van der Waals surface area contributed by atoms with Crippen molar-refractivity contribution in [2.75, 3.05) is 12.3 Å². The van der Waals surface area contributed by atoms with Crippen LogP contribution in [0.3, 0.4) is 0 Å². The number of hydrogen-bond donors (Lipinski definition) is 2. The Kier molecular flexibility index (Phi) is 5.42. The van der Waals surface area contributed by atoms with E-state index in [1.54, 1.807) is 6.20 Å². The zero-order chi connectivity index (χ0) is 13.8. The van der Waals surface area contributed by atoms with E-state index >= 15 is 0 Å². The lowest BCUT2D eigenvalue weighted by Crippen LogP contribution is -2.34. The van der Waals surface area contributed by atoms with Gasteiger partial charge < -0.3 is 11.1 Å². The smallest absolute Gasteiger partial charge is 0.127 e. The first-order valence-electron chi connectivity index (χ1n) is 6.51. The number of aromatic nitrogens is 1. The van der Waals surface area contributed by atoms with E-state index in [-0.39, 0.29) is 5.41 Å². The summed E-state index contributed by atoms with van der Waals surface area (Å²) in [5.41, 5.74) is 6.95. The van der Waals surface area contributed by atoms with E-state index in [0.29, 0.717) is 16.9 Å². The maximum Gasteiger partial charge on any atom is 0.127 e. The Morgan fingerprint density at radius 2 is 2.17 bits per heavy atom. The van der Waals surface area contributed by atoms with Crippen LogP contribution in [-0.4, -0.2) is 17.6 Å². The Morgan fingerprint density at radius 3 is 2.78 bits per heavy atom. The van der Waals surface area contributed by atoms with E-state index in [2.05, 4.69) is 38.0 Å². The standard InChI is InChI=1S/C14H24ClN3/c1-5-6-17-10(2)8-14(3,4)12-7-11(15)9-18-13(12)16/h7,9-10,17H,5-6,8H2,1-4H3,(H2,16,18). The van der Waals surface area contributed by atoms with Gasteiger partial charge in [0.25, 0.3) is 0 Å². The predicted octanol–water partition coefficient (Wildman–Crippen LogP) is 3.37. The second kappa shape index (κ2) is 6.39. The van der Waals surface area contributed by atoms with Crippen molar-refractivity contribution in [2.45, 2.75) is 52.0 Å². The van der Waals surface area contributed by atoms with Crippen LogP contribution in [0.2, 0.25) is 5.02 Å². The van der Waals surface area contributed by atoms with Gasteiger partial charge in [0.15, 0.2) is 0 Å². The molecule has 3 nitrogen and oxygen atoms in total. The summed E-state index contributed by atoms with van der Waals surface area (Å²) in [7, 11) is 0. The third-order valence-corrected chi connectivity index (χ3v) is 3.38. The van der Waals surface area contributed by atoms with Gasteiger partial charge in [0.1, 0.15) is 5.82 Å². The Hall–Kier alpha value is -0.800. The molecule has 1 heterocycles. The highest BCUT2D eigenvalue weighted by Gasteiger charge is 2.26. The lowest BCUT2D eigenvalue weighted by atomic mass is 9.79. The zero-order valence-corrected chi connectivity index (χ0v) is 12.5. The van der Waals surface area contributed by atoms with Crippen LogP contribution in [0.1, 0.15) is 46.1 Å². The Labute approximate surface area is 115 Å². The van der Waals surface area contributed by atoms with Crippen molar-refractivity contribution >= 4 is 17.4 Å². The van der Waals surface area contributed by atoms with E-state index in [4.69, 9.17) is 17.3 Å². The zero-order valence-electron chi connectivity index (χ0n) is 11.8. The van der Waals surface area contributed by atoms with Gasteiger partial charge in [-0.2, -0.15) is 0 Å². The molecule has 0 aliphatic carbocycles. The number of halogens is 1. The fourth-order valence-electron chi connectivity index (χ4n) is 2.33. The number of anilines is 1. The highest BCUT2D eigenvalue weighted by molar-refractivity contribution is 6.30. The summed E-state index contributed by atoms with van der Waals surface area (Å²) in [6.07, 6.45) is 3.74. The minimum absolute atomic E-state index is 0.0395. The van der Waals surface area contributed by atoms with Crippen LogP contribution in [0.15, 0.2) is 12.3 Å². The van der Waals surface area contributed by atoms with Gasteiger partial charge in [-0.3, -0.25) is 0 Å². The molecule has 0 fully saturated rings. The Balaban J connectivity index is 2.81. The molecular formula is C14H24ClN3. The molecule has 3 N–H and O–H groups in total. The summed E-state index contributed by atoms with van der Waals surface area (Å²) in [5.74, 6) is 0.576. The average Bonchev–Trinajstić information content (AvgIpc) is 2.29. The molecule has 4 heteroatoms. The summed E-state index contributed by atoms with van der Waals surface area (Å²) >= 11 is 6.01. The molecule has 0 saturated carbocycles. The van der Waals surface area contributed by atoms with Gasteiger partial charge in [0.2, 0.25) is 0 Å². The first-order chi connectivity index (χ1) is 8.36. The maximum atomic E-state index is 6.01. The van der Waals surface area contributed by atoms with Gasteiger partial charge in [-0.1, -0.05) is 32.4 Å². The number of hydrogen-bond acceptors (Lipinski definition) is 3. The van der Waals surface area contributed by atoms with Gasteiger partial charge in [0, 0.05) is 17.8 Å². The van der Waals surface area contributed by atoms with Gasteiger partial charge in [-0.15, -0.1) is 0 Å². The number of nitrogens with zero attached hydrogens (tertiary/aromatic N) is 1. The van der Waals surface area contributed by atoms with Crippen LogP contribution in [0.4, 0.5) is 5.82 Å². The van der Waals surface area contributed by atoms with Crippen LogP contribution in [0.25, 0.3) is 0 Å². The van der Waals surface area contributed by atoms with Crippen molar-refractivity contribution in [3.8, 4) is 0 Å². The predicted molar refractivity (Wildman–Crippen MR) is 79.1 cm³/mol. The number of nitrogen functional groups attached to an aromatic ring is 1. The van der Waals surface area contributed by atoms with Crippen LogP contribution < -0.4 is 11.1 Å². The van der Waals surface area contributed by atoms with Gasteiger partial charge in [0.05, 0.1) is 5.02 Å². The van der Waals surface area contributed by atoms with Crippen LogP contribution in [-0.2, 0) is 5.41 Å². The van der Waals surface area contributed by atoms with E-state index in [1.807, 2.05) is 6.07 Å². The van der Waals surface area contributed by atoms with Crippen molar-refractivity contribution in [3.63, 3.8) is 0 Å². The molecule has 0 saturated heterocycles. The second-order valence-electron chi connectivity index (χ2n) is 5.53. The Bertz CT molecular complexity index is 391. The summed E-state index contributed by atoms with van der Waals surface area (Å²) in [6.45, 7) is 9.78. The van der Waals surface area contributed by atoms with E-state index in [0.717, 1.165) is 24.9 Å². The van der Waals surface area contributed by atoms with Crippen molar-refractivity contribution in [2.24, 2.45) is 0 Å². The van der Waals surface area contributed by atoms with Crippen LogP contribution in [0, 0.1) is 0 Å². The van der Waals surface area contributed by atoms with E-state index in [1.165, 1.54) is 0 Å². The molecule has 0 aromatic carbocycles. The number of pyridine rings is 1. The largest absolute Gasteiger partial charge is 0.383 e. The first-order valence-corrected chi connectivity index (χ1v) is 6.89. The quantitative estimate of drug-likeness (QED) is 0.832. The summed E-state index contributed by atoms with van der Waals surface area (Å²) in [6, 6.07) is 2.37. The molecule has 0 spiro atoms. The molecule has 102 valence electrons. The monoisotopic (exact) mass is 269 g/mol. The van der Waals surface area contributed by atoms with Crippen LogP contribution >= 0.6 is 11.6 Å². The van der Waals surface area contributed by atoms with Gasteiger partial charge in [-0.05, 0) is 37.8 Å². The molecule has 18 heavy (non-hydrogen) atoms. The fraction of sp³-hybridized carbons (Fsp3) is 0.643. The fourth-order valence-corrected chi connectivity index (χ4v) is 2.49. The van der Waals surface area contributed by atoms with Crippen molar-refractivity contribution < 1.29 is 0 Å². The minimum Gasteiger partial charge on any atom is -0.383 e. The average molecular weight is 270 g/mol. The topological polar surface area (TPSA) is 50.9 Å². The molecule has 0 aliphatic heterocycles. The van der Waals surface area contributed by atoms with Gasteiger partial charge >= 0.3 is 0 Å². The molecule has 0 amide bonds. The molecule has 1 aromatic heterocycles. The molecule has 0 radical (unpaired) electrons.